The van der Waals surface area contributed by atoms with Crippen LogP contribution in [-0.4, -0.2) is 56.5 Å². The number of benzene rings is 1. The number of anilines is 1. The van der Waals surface area contributed by atoms with Crippen LogP contribution in [0.15, 0.2) is 36.8 Å². The van der Waals surface area contributed by atoms with Crippen LogP contribution < -0.4 is 5.73 Å². The zero-order chi connectivity index (χ0) is 23.1. The Morgan fingerprint density at radius 2 is 1.94 bits per heavy atom. The molecule has 0 saturated heterocycles. The van der Waals surface area contributed by atoms with Crippen LogP contribution in [0.4, 0.5) is 5.82 Å². The number of hydrogen-bond donors (Lipinski definition) is 2. The smallest absolute Gasteiger partial charge is 0.182 e. The van der Waals surface area contributed by atoms with Gasteiger partial charge in [0.1, 0.15) is 17.2 Å². The number of nitrogen functional groups attached to an aromatic ring is 1. The molecule has 0 aliphatic heterocycles. The van der Waals surface area contributed by atoms with E-state index in [4.69, 9.17) is 17.3 Å². The summed E-state index contributed by atoms with van der Waals surface area (Å²) in [5, 5.41) is 12.4. The molecule has 0 radical (unpaired) electrons. The van der Waals surface area contributed by atoms with E-state index in [9.17, 15) is 9.90 Å². The molecule has 1 atom stereocenters. The molecule has 0 bridgehead atoms. The molecule has 1 aromatic carbocycles. The van der Waals surface area contributed by atoms with Crippen molar-refractivity contribution in [3.63, 3.8) is 0 Å². The number of aliphatic hydroxyl groups excluding tert-OH is 1. The number of Topliss-reactive ketones (excluding diaryl/α,β-unsaturated/α-hetero) is 1. The number of ketones is 1. The van der Waals surface area contributed by atoms with Crippen LogP contribution in [0.1, 0.15) is 48.4 Å². The second-order valence-electron chi connectivity index (χ2n) is 7.39. The third-order valence-electron chi connectivity index (χ3n) is 5.20. The van der Waals surface area contributed by atoms with Gasteiger partial charge in [-0.1, -0.05) is 37.4 Å². The fourth-order valence-corrected chi connectivity index (χ4v) is 3.46. The Morgan fingerprint density at radius 3 is 2.62 bits per heavy atom. The maximum absolute atomic E-state index is 12.4. The summed E-state index contributed by atoms with van der Waals surface area (Å²) in [5.41, 5.74) is 7.23. The van der Waals surface area contributed by atoms with Crippen molar-refractivity contribution in [2.24, 2.45) is 0 Å². The van der Waals surface area contributed by atoms with E-state index in [-0.39, 0.29) is 17.9 Å². The van der Waals surface area contributed by atoms with E-state index in [1.807, 2.05) is 19.9 Å². The predicted octanol–water partition coefficient (Wildman–Crippen LogP) is 3.33. The monoisotopic (exact) mass is 451 g/mol. The first-order chi connectivity index (χ1) is 15.4. The summed E-state index contributed by atoms with van der Waals surface area (Å²) in [6.45, 7) is 6.37. The van der Waals surface area contributed by atoms with Crippen molar-refractivity contribution in [1.29, 1.82) is 0 Å². The molecule has 0 spiro atoms. The minimum absolute atomic E-state index is 0.159. The molecule has 2 aromatic heterocycles. The van der Waals surface area contributed by atoms with Gasteiger partial charge in [0.15, 0.2) is 5.78 Å². The molecule has 32 heavy (non-hydrogen) atoms. The van der Waals surface area contributed by atoms with Gasteiger partial charge >= 0.3 is 0 Å². The molecule has 0 aliphatic carbocycles. The highest BCUT2D eigenvalue weighted by Gasteiger charge is 2.14. The normalized spacial score (nSPS) is 11.9. The lowest BCUT2D eigenvalue weighted by Gasteiger charge is -2.21. The number of fused-ring (bicyclic) bond motifs is 1. The van der Waals surface area contributed by atoms with Crippen molar-refractivity contribution < 1.29 is 9.90 Å². The molecule has 166 valence electrons. The summed E-state index contributed by atoms with van der Waals surface area (Å²) in [6.07, 6.45) is 4.57. The number of carbonyl (C=O) groups is 1. The van der Waals surface area contributed by atoms with Gasteiger partial charge in [-0.15, -0.1) is 0 Å². The van der Waals surface area contributed by atoms with E-state index in [1.54, 1.807) is 18.3 Å². The number of likely N-dealkylation sites (N-methyl/N-ethyl adjacent to an activating group) is 1. The SMILES string of the molecule is CCN(CC)CC(O)CCC(=O)c1cnc(C#Cc2c(N)ncc3ccc(Cl)cc23)cn1. The lowest BCUT2D eigenvalue weighted by atomic mass is 10.1. The zero-order valence-electron chi connectivity index (χ0n) is 18.2. The predicted molar refractivity (Wildman–Crippen MR) is 127 cm³/mol. The van der Waals surface area contributed by atoms with E-state index < -0.39 is 6.10 Å². The van der Waals surface area contributed by atoms with Crippen molar-refractivity contribution in [1.82, 2.24) is 19.9 Å². The fraction of sp³-hybridized carbons (Fsp3) is 0.333. The van der Waals surface area contributed by atoms with Gasteiger partial charge < -0.3 is 15.7 Å². The molecule has 0 fully saturated rings. The highest BCUT2D eigenvalue weighted by molar-refractivity contribution is 6.31. The summed E-state index contributed by atoms with van der Waals surface area (Å²) in [7, 11) is 0. The number of pyridine rings is 1. The van der Waals surface area contributed by atoms with E-state index in [1.165, 1.54) is 12.4 Å². The van der Waals surface area contributed by atoms with Crippen molar-refractivity contribution in [3.05, 3.63) is 58.8 Å². The summed E-state index contributed by atoms with van der Waals surface area (Å²) < 4.78 is 0. The van der Waals surface area contributed by atoms with Crippen molar-refractivity contribution in [3.8, 4) is 11.8 Å². The van der Waals surface area contributed by atoms with Crippen LogP contribution in [0.25, 0.3) is 10.8 Å². The van der Waals surface area contributed by atoms with Gasteiger partial charge in [-0.3, -0.25) is 4.79 Å². The van der Waals surface area contributed by atoms with Crippen molar-refractivity contribution >= 4 is 34.0 Å². The number of aliphatic hydroxyl groups is 1. The molecular formula is C24H26ClN5O2. The third-order valence-corrected chi connectivity index (χ3v) is 5.44. The van der Waals surface area contributed by atoms with Crippen molar-refractivity contribution in [2.75, 3.05) is 25.4 Å². The highest BCUT2D eigenvalue weighted by Crippen LogP contribution is 2.24. The summed E-state index contributed by atoms with van der Waals surface area (Å²) in [6, 6.07) is 5.43. The van der Waals surface area contributed by atoms with Crippen molar-refractivity contribution in [2.45, 2.75) is 32.8 Å². The fourth-order valence-electron chi connectivity index (χ4n) is 3.29. The van der Waals surface area contributed by atoms with E-state index in [0.29, 0.717) is 35.1 Å². The average Bonchev–Trinajstić information content (AvgIpc) is 2.80. The molecule has 7 nitrogen and oxygen atoms in total. The standard InChI is InChI=1S/C24H26ClN5O2/c1-3-30(4-2)15-19(31)8-10-23(32)22-14-27-18(13-28-22)7-9-20-21-11-17(25)6-5-16(21)12-29-24(20)26/h5-6,11-14,19,31H,3-4,8,10,15H2,1-2H3,(H2,26,29). The minimum atomic E-state index is -0.551. The van der Waals surface area contributed by atoms with Crippen LogP contribution in [0.5, 0.6) is 0 Å². The molecule has 3 N–H and O–H groups in total. The summed E-state index contributed by atoms with van der Waals surface area (Å²) >= 11 is 6.11. The van der Waals surface area contributed by atoms with Gasteiger partial charge in [-0.25, -0.2) is 15.0 Å². The Kier molecular flexibility index (Phi) is 8.12. The number of nitrogens with two attached hydrogens (primary N) is 1. The number of hydrogen-bond acceptors (Lipinski definition) is 7. The summed E-state index contributed by atoms with van der Waals surface area (Å²) in [4.78, 5) is 27.1. The molecular weight excluding hydrogens is 426 g/mol. The largest absolute Gasteiger partial charge is 0.392 e. The maximum Gasteiger partial charge on any atom is 0.182 e. The highest BCUT2D eigenvalue weighted by atomic mass is 35.5. The van der Waals surface area contributed by atoms with Gasteiger partial charge in [0.25, 0.3) is 0 Å². The van der Waals surface area contributed by atoms with E-state index >= 15 is 0 Å². The first kappa shape index (κ1) is 23.6. The van der Waals surface area contributed by atoms with Gasteiger partial charge in [0, 0.05) is 35.0 Å². The Hall–Kier alpha value is -3.05. The molecule has 3 aromatic rings. The molecule has 8 heteroatoms. The first-order valence-corrected chi connectivity index (χ1v) is 10.9. The molecule has 2 heterocycles. The van der Waals surface area contributed by atoms with Gasteiger partial charge in [0.2, 0.25) is 0 Å². The van der Waals surface area contributed by atoms with Crippen LogP contribution in [-0.2, 0) is 0 Å². The van der Waals surface area contributed by atoms with Crippen LogP contribution in [0.2, 0.25) is 5.02 Å². The van der Waals surface area contributed by atoms with Crippen LogP contribution in [0, 0.1) is 11.8 Å². The number of nitrogens with zero attached hydrogens (tertiary/aromatic N) is 4. The molecule has 0 saturated carbocycles. The van der Waals surface area contributed by atoms with Crippen LogP contribution in [0.3, 0.4) is 0 Å². The summed E-state index contributed by atoms with van der Waals surface area (Å²) in [5.74, 6) is 6.06. The molecule has 1 unspecified atom stereocenters. The Labute approximate surface area is 192 Å². The Bertz CT molecular complexity index is 1150. The van der Waals surface area contributed by atoms with Gasteiger partial charge in [0.05, 0.1) is 24.1 Å². The van der Waals surface area contributed by atoms with Gasteiger partial charge in [-0.05, 0) is 37.6 Å². The number of rotatable bonds is 8. The Morgan fingerprint density at radius 1 is 1.16 bits per heavy atom. The Balaban J connectivity index is 1.68. The number of carbonyl (C=O) groups excluding carboxylic acids is 1. The second-order valence-corrected chi connectivity index (χ2v) is 7.82. The number of aromatic nitrogens is 3. The topological polar surface area (TPSA) is 105 Å². The quantitative estimate of drug-likeness (QED) is 0.399. The minimum Gasteiger partial charge on any atom is -0.392 e. The lowest BCUT2D eigenvalue weighted by Crippen LogP contribution is -2.32. The maximum atomic E-state index is 12.4. The molecule has 0 amide bonds. The third kappa shape index (κ3) is 6.01. The van der Waals surface area contributed by atoms with E-state index in [0.717, 1.165) is 23.9 Å². The zero-order valence-corrected chi connectivity index (χ0v) is 18.9. The number of halogens is 1. The van der Waals surface area contributed by atoms with Gasteiger partial charge in [-0.2, -0.15) is 0 Å². The van der Waals surface area contributed by atoms with E-state index in [2.05, 4.69) is 31.7 Å². The molecule has 3 rings (SSSR count). The lowest BCUT2D eigenvalue weighted by molar-refractivity contribution is 0.0872. The van der Waals surface area contributed by atoms with Crippen LogP contribution >= 0.6 is 11.6 Å². The second kappa shape index (κ2) is 11.0. The average molecular weight is 452 g/mol. The first-order valence-electron chi connectivity index (χ1n) is 10.5. The molecule has 0 aliphatic rings.